The van der Waals surface area contributed by atoms with Crippen LogP contribution in [-0.2, 0) is 0 Å². The maximum Gasteiger partial charge on any atom is 0.125 e. The van der Waals surface area contributed by atoms with E-state index in [1.54, 1.807) is 17.4 Å². The first-order valence-corrected chi connectivity index (χ1v) is 6.48. The van der Waals surface area contributed by atoms with Crippen LogP contribution >= 0.6 is 11.3 Å². The molecule has 0 aliphatic rings. The lowest BCUT2D eigenvalue weighted by molar-refractivity contribution is 1.41. The van der Waals surface area contributed by atoms with Gasteiger partial charge in [0, 0.05) is 16.9 Å². The summed E-state index contributed by atoms with van der Waals surface area (Å²) in [5, 5.41) is 0.965. The maximum absolute atomic E-state index is 5.95. The molecule has 18 heavy (non-hydrogen) atoms. The van der Waals surface area contributed by atoms with Gasteiger partial charge in [0.05, 0.1) is 10.2 Å². The van der Waals surface area contributed by atoms with Crippen molar-refractivity contribution in [2.45, 2.75) is 6.92 Å². The fourth-order valence-corrected chi connectivity index (χ4v) is 3.01. The molecule has 0 saturated carbocycles. The van der Waals surface area contributed by atoms with Gasteiger partial charge in [-0.2, -0.15) is 0 Å². The Labute approximate surface area is 109 Å². The highest BCUT2D eigenvalue weighted by Gasteiger charge is 2.11. The third-order valence-electron chi connectivity index (χ3n) is 2.99. The van der Waals surface area contributed by atoms with E-state index < -0.39 is 0 Å². The molecule has 3 nitrogen and oxygen atoms in total. The smallest absolute Gasteiger partial charge is 0.125 e. The largest absolute Gasteiger partial charge is 0.399 e. The van der Waals surface area contributed by atoms with Crippen LogP contribution in [0.1, 0.15) is 5.56 Å². The van der Waals surface area contributed by atoms with Gasteiger partial charge in [0.1, 0.15) is 5.01 Å². The molecule has 0 fully saturated rings. The molecule has 1 heterocycles. The molecule has 2 aromatic carbocycles. The lowest BCUT2D eigenvalue weighted by Crippen LogP contribution is -1.95. The van der Waals surface area contributed by atoms with Gasteiger partial charge in [0.15, 0.2) is 0 Å². The molecular formula is C14H13N3S. The Balaban J connectivity index is 2.26. The maximum atomic E-state index is 5.95. The van der Waals surface area contributed by atoms with Gasteiger partial charge < -0.3 is 11.5 Å². The highest BCUT2D eigenvalue weighted by atomic mass is 32.1. The van der Waals surface area contributed by atoms with Crippen LogP contribution in [0.3, 0.4) is 0 Å². The molecule has 3 rings (SSSR count). The van der Waals surface area contributed by atoms with Crippen molar-refractivity contribution >= 4 is 32.9 Å². The second kappa shape index (κ2) is 3.99. The van der Waals surface area contributed by atoms with Crippen molar-refractivity contribution in [1.82, 2.24) is 4.98 Å². The molecule has 0 atom stereocenters. The van der Waals surface area contributed by atoms with Crippen LogP contribution in [0.25, 0.3) is 20.8 Å². The number of rotatable bonds is 1. The van der Waals surface area contributed by atoms with Crippen molar-refractivity contribution in [3.63, 3.8) is 0 Å². The standard InChI is InChI=1S/C14H13N3S/c1-8-10(6-9(15)7-11(8)16)14-17-12-4-2-3-5-13(12)18-14/h2-7H,15-16H2,1H3. The van der Waals surface area contributed by atoms with E-state index in [0.29, 0.717) is 11.4 Å². The third-order valence-corrected chi connectivity index (χ3v) is 4.06. The van der Waals surface area contributed by atoms with E-state index >= 15 is 0 Å². The van der Waals surface area contributed by atoms with Crippen LogP contribution in [0.15, 0.2) is 36.4 Å². The minimum absolute atomic E-state index is 0.673. The van der Waals surface area contributed by atoms with Crippen LogP contribution in [0.5, 0.6) is 0 Å². The summed E-state index contributed by atoms with van der Waals surface area (Å²) in [5.41, 5.74) is 16.3. The molecule has 90 valence electrons. The summed E-state index contributed by atoms with van der Waals surface area (Å²) in [7, 11) is 0. The number of benzene rings is 2. The molecule has 0 saturated heterocycles. The molecule has 0 bridgehead atoms. The molecule has 0 radical (unpaired) electrons. The number of fused-ring (bicyclic) bond motifs is 1. The van der Waals surface area contributed by atoms with Crippen LogP contribution in [0.2, 0.25) is 0 Å². The fourth-order valence-electron chi connectivity index (χ4n) is 1.97. The predicted molar refractivity (Wildman–Crippen MR) is 78.6 cm³/mol. The number of hydrogen-bond donors (Lipinski definition) is 2. The zero-order valence-corrected chi connectivity index (χ0v) is 10.8. The number of nitrogens with zero attached hydrogens (tertiary/aromatic N) is 1. The van der Waals surface area contributed by atoms with E-state index in [-0.39, 0.29) is 0 Å². The Bertz CT molecular complexity index is 698. The topological polar surface area (TPSA) is 64.9 Å². The normalized spacial score (nSPS) is 10.9. The van der Waals surface area contributed by atoms with Crippen LogP contribution in [0, 0.1) is 6.92 Å². The van der Waals surface area contributed by atoms with Crippen molar-refractivity contribution in [1.29, 1.82) is 0 Å². The number of hydrogen-bond acceptors (Lipinski definition) is 4. The molecule has 4 heteroatoms. The van der Waals surface area contributed by atoms with Gasteiger partial charge in [-0.05, 0) is 36.8 Å². The molecule has 0 aliphatic heterocycles. The molecule has 0 unspecified atom stereocenters. The van der Waals surface area contributed by atoms with Crippen molar-refractivity contribution < 1.29 is 0 Å². The van der Waals surface area contributed by atoms with Gasteiger partial charge in [0.25, 0.3) is 0 Å². The van der Waals surface area contributed by atoms with E-state index in [9.17, 15) is 0 Å². The summed E-state index contributed by atoms with van der Waals surface area (Å²) in [4.78, 5) is 4.63. The SMILES string of the molecule is Cc1c(N)cc(N)cc1-c1nc2ccccc2s1. The first-order chi connectivity index (χ1) is 8.65. The fraction of sp³-hybridized carbons (Fsp3) is 0.0714. The summed E-state index contributed by atoms with van der Waals surface area (Å²) in [6.07, 6.45) is 0. The van der Waals surface area contributed by atoms with E-state index in [4.69, 9.17) is 11.5 Å². The second-order valence-corrected chi connectivity index (χ2v) is 5.30. The van der Waals surface area contributed by atoms with Crippen molar-refractivity contribution in [3.8, 4) is 10.6 Å². The van der Waals surface area contributed by atoms with E-state index in [1.165, 1.54) is 4.70 Å². The average Bonchev–Trinajstić information content (AvgIpc) is 2.77. The number of nitrogens with two attached hydrogens (primary N) is 2. The Kier molecular flexibility index (Phi) is 2.45. The summed E-state index contributed by atoms with van der Waals surface area (Å²) in [5.74, 6) is 0. The lowest BCUT2D eigenvalue weighted by atomic mass is 10.1. The van der Waals surface area contributed by atoms with Gasteiger partial charge in [-0.25, -0.2) is 4.98 Å². The zero-order valence-electron chi connectivity index (χ0n) is 9.97. The molecule has 0 aliphatic carbocycles. The van der Waals surface area contributed by atoms with Crippen LogP contribution < -0.4 is 11.5 Å². The predicted octanol–water partition coefficient (Wildman–Crippen LogP) is 3.44. The van der Waals surface area contributed by atoms with Crippen LogP contribution in [-0.4, -0.2) is 4.98 Å². The monoisotopic (exact) mass is 255 g/mol. The number of nitrogen functional groups attached to an aromatic ring is 2. The molecule has 3 aromatic rings. The number of aromatic nitrogens is 1. The van der Waals surface area contributed by atoms with Crippen molar-refractivity contribution in [2.24, 2.45) is 0 Å². The summed E-state index contributed by atoms with van der Waals surface area (Å²) in [6.45, 7) is 2.00. The van der Waals surface area contributed by atoms with Gasteiger partial charge in [-0.1, -0.05) is 12.1 Å². The minimum atomic E-state index is 0.673. The lowest BCUT2D eigenvalue weighted by Gasteiger charge is -2.07. The van der Waals surface area contributed by atoms with Gasteiger partial charge in [0.2, 0.25) is 0 Å². The highest BCUT2D eigenvalue weighted by Crippen LogP contribution is 2.35. The summed E-state index contributed by atoms with van der Waals surface area (Å²) < 4.78 is 1.17. The van der Waals surface area contributed by atoms with E-state index in [0.717, 1.165) is 21.7 Å². The highest BCUT2D eigenvalue weighted by molar-refractivity contribution is 7.21. The zero-order chi connectivity index (χ0) is 12.7. The van der Waals surface area contributed by atoms with Crippen molar-refractivity contribution in [3.05, 3.63) is 42.0 Å². The Morgan fingerprint density at radius 2 is 1.89 bits per heavy atom. The molecule has 1 aromatic heterocycles. The summed E-state index contributed by atoms with van der Waals surface area (Å²) in [6, 6.07) is 11.8. The van der Waals surface area contributed by atoms with Gasteiger partial charge in [-0.3, -0.25) is 0 Å². The number of thiazole rings is 1. The second-order valence-electron chi connectivity index (χ2n) is 4.27. The summed E-state index contributed by atoms with van der Waals surface area (Å²) >= 11 is 1.66. The minimum Gasteiger partial charge on any atom is -0.399 e. The van der Waals surface area contributed by atoms with E-state index in [1.807, 2.05) is 31.2 Å². The quantitative estimate of drug-likeness (QED) is 0.655. The first-order valence-electron chi connectivity index (χ1n) is 5.66. The molecule has 0 amide bonds. The Morgan fingerprint density at radius 1 is 1.11 bits per heavy atom. The Morgan fingerprint density at radius 3 is 2.67 bits per heavy atom. The third kappa shape index (κ3) is 1.71. The molecule has 0 spiro atoms. The molecule has 4 N–H and O–H groups in total. The average molecular weight is 255 g/mol. The number of anilines is 2. The van der Waals surface area contributed by atoms with Gasteiger partial charge >= 0.3 is 0 Å². The van der Waals surface area contributed by atoms with Gasteiger partial charge in [-0.15, -0.1) is 11.3 Å². The first kappa shape index (κ1) is 11.0. The number of para-hydroxylation sites is 1. The van der Waals surface area contributed by atoms with Crippen molar-refractivity contribution in [2.75, 3.05) is 11.5 Å². The Hall–Kier alpha value is -2.07. The van der Waals surface area contributed by atoms with E-state index in [2.05, 4.69) is 11.1 Å². The molecular weight excluding hydrogens is 242 g/mol. The van der Waals surface area contributed by atoms with Crippen LogP contribution in [0.4, 0.5) is 11.4 Å².